The van der Waals surface area contributed by atoms with Crippen LogP contribution in [0.1, 0.15) is 71.1 Å². The van der Waals surface area contributed by atoms with E-state index in [0.29, 0.717) is 6.42 Å². The fraction of sp³-hybridized carbons (Fsp3) is 0.917. The number of hydrogen-bond acceptors (Lipinski definition) is 1. The molecule has 0 saturated heterocycles. The van der Waals surface area contributed by atoms with Gasteiger partial charge in [0.25, 0.3) is 0 Å². The first kappa shape index (κ1) is 25.8. The maximum Gasteiger partial charge on any atom is 4.00 e. The van der Waals surface area contributed by atoms with Crippen molar-refractivity contribution in [2.45, 2.75) is 71.1 Å². The molecule has 0 radical (unpaired) electrons. The molecule has 1 N–H and O–H groups in total. The Morgan fingerprint density at radius 1 is 0.824 bits per heavy atom. The van der Waals surface area contributed by atoms with Crippen LogP contribution in [-0.2, 0) is 37.5 Å². The number of hydrogen-bond donors (Lipinski definition) is 1. The Labute approximate surface area is 120 Å². The van der Waals surface area contributed by atoms with Crippen molar-refractivity contribution in [1.29, 1.82) is 0 Å². The van der Waals surface area contributed by atoms with E-state index in [1.807, 2.05) is 0 Å². The van der Waals surface area contributed by atoms with Crippen molar-refractivity contribution in [3.63, 3.8) is 0 Å². The molecule has 0 atom stereocenters. The summed E-state index contributed by atoms with van der Waals surface area (Å²) in [6.07, 6.45) is 11.5. The summed E-state index contributed by atoms with van der Waals surface area (Å²) in [4.78, 5) is 10.2. The van der Waals surface area contributed by atoms with Gasteiger partial charge in [-0.2, -0.15) is 0 Å². The first-order valence-corrected chi connectivity index (χ1v) is 5.99. The second-order valence-corrected chi connectivity index (χ2v) is 3.97. The van der Waals surface area contributed by atoms with E-state index in [4.69, 9.17) is 5.11 Å². The Morgan fingerprint density at radius 2 is 1.18 bits per heavy atom. The molecule has 0 aliphatic rings. The molecule has 0 heterocycles. The smallest absolute Gasteiger partial charge is 2.00 e. The van der Waals surface area contributed by atoms with Crippen LogP contribution in [0.2, 0.25) is 0 Å². The molecule has 5 heteroatoms. The van der Waals surface area contributed by atoms with Gasteiger partial charge in [-0.15, -0.1) is 0 Å². The van der Waals surface area contributed by atoms with Gasteiger partial charge in [0.2, 0.25) is 0 Å². The maximum absolute atomic E-state index is 10.2. The molecule has 0 aromatic rings. The van der Waals surface area contributed by atoms with Gasteiger partial charge in [-0.05, 0) is 6.42 Å². The fourth-order valence-corrected chi connectivity index (χ4v) is 1.59. The molecule has 0 fully saturated rings. The van der Waals surface area contributed by atoms with E-state index >= 15 is 0 Å². The number of unbranched alkanes of at least 4 members (excludes halogenated alkanes) is 8. The van der Waals surface area contributed by atoms with E-state index in [0.717, 1.165) is 12.8 Å². The summed E-state index contributed by atoms with van der Waals surface area (Å²) in [5, 5.41) is 8.41. The summed E-state index contributed by atoms with van der Waals surface area (Å²) in [5.41, 5.74) is 0. The zero-order valence-electron chi connectivity index (χ0n) is 10.7. The Morgan fingerprint density at radius 3 is 1.53 bits per heavy atom. The number of aliphatic carboxylic acids is 1. The second kappa shape index (κ2) is 21.4. The van der Waals surface area contributed by atoms with Crippen LogP contribution >= 0.6 is 0 Å². The van der Waals surface area contributed by atoms with E-state index in [-0.39, 0.29) is 32.7 Å². The molecular formula is C12H24O4Ti. The van der Waals surface area contributed by atoms with E-state index in [1.165, 1.54) is 44.9 Å². The minimum absolute atomic E-state index is 0. The first-order chi connectivity index (χ1) is 6.77. The third kappa shape index (κ3) is 26.0. The normalized spacial score (nSPS) is 8.53. The van der Waals surface area contributed by atoms with E-state index < -0.39 is 5.97 Å². The van der Waals surface area contributed by atoms with Gasteiger partial charge < -0.3 is 16.1 Å². The molecule has 0 amide bonds. The van der Waals surface area contributed by atoms with Gasteiger partial charge in [0.05, 0.1) is 0 Å². The molecule has 0 aromatic carbocycles. The van der Waals surface area contributed by atoms with Crippen molar-refractivity contribution in [2.75, 3.05) is 0 Å². The Balaban J connectivity index is -0.000000282. The average Bonchev–Trinajstić information content (AvgIpc) is 2.15. The van der Waals surface area contributed by atoms with Crippen LogP contribution in [0, 0.1) is 0 Å². The quantitative estimate of drug-likeness (QED) is 0.487. The van der Waals surface area contributed by atoms with E-state index in [1.54, 1.807) is 0 Å². The van der Waals surface area contributed by atoms with Crippen LogP contribution in [0.25, 0.3) is 0 Å². The molecule has 17 heavy (non-hydrogen) atoms. The van der Waals surface area contributed by atoms with Crippen LogP contribution in [-0.4, -0.2) is 11.1 Å². The van der Waals surface area contributed by atoms with Crippen LogP contribution < -0.4 is 0 Å². The molecule has 0 saturated carbocycles. The van der Waals surface area contributed by atoms with Crippen molar-refractivity contribution in [2.24, 2.45) is 0 Å². The predicted octanol–water partition coefficient (Wildman–Crippen LogP) is 3.75. The summed E-state index contributed by atoms with van der Waals surface area (Å²) in [6.45, 7) is 2.23. The number of carbonyl (C=O) groups is 1. The monoisotopic (exact) mass is 280 g/mol. The maximum atomic E-state index is 10.2. The standard InChI is InChI=1S/C12H24O2.2O.Ti/c1-2-3-4-5-6-7-8-9-10-11-12(13)14;;;/h2-11H2,1H3,(H,13,14);;;/q;2*-2;+4. The minimum atomic E-state index is -0.659. The summed E-state index contributed by atoms with van der Waals surface area (Å²) in [7, 11) is 0. The SMILES string of the molecule is CCCCCCCCCCCC(=O)O.[O-2].[O-2].[Ti+4]. The van der Waals surface area contributed by atoms with Crippen LogP contribution in [0.3, 0.4) is 0 Å². The van der Waals surface area contributed by atoms with E-state index in [9.17, 15) is 4.79 Å². The van der Waals surface area contributed by atoms with Crippen LogP contribution in [0.4, 0.5) is 0 Å². The second-order valence-electron chi connectivity index (χ2n) is 3.97. The third-order valence-electron chi connectivity index (χ3n) is 2.49. The Bertz CT molecular complexity index is 142. The van der Waals surface area contributed by atoms with Crippen molar-refractivity contribution in [3.05, 3.63) is 0 Å². The minimum Gasteiger partial charge on any atom is -2.00 e. The van der Waals surface area contributed by atoms with E-state index in [2.05, 4.69) is 6.92 Å². The summed E-state index contributed by atoms with van der Waals surface area (Å²) >= 11 is 0. The molecule has 0 aromatic heterocycles. The van der Waals surface area contributed by atoms with Crippen molar-refractivity contribution in [3.8, 4) is 0 Å². The Kier molecular flexibility index (Phi) is 32.5. The molecule has 0 aliphatic carbocycles. The molecule has 4 nitrogen and oxygen atoms in total. The summed E-state index contributed by atoms with van der Waals surface area (Å²) in [6, 6.07) is 0. The Hall–Kier alpha value is 0.104. The van der Waals surface area contributed by atoms with Gasteiger partial charge in [0.15, 0.2) is 0 Å². The van der Waals surface area contributed by atoms with Crippen molar-refractivity contribution < 1.29 is 42.6 Å². The molecule has 0 spiro atoms. The number of carboxylic acids is 1. The van der Waals surface area contributed by atoms with Crippen molar-refractivity contribution in [1.82, 2.24) is 0 Å². The van der Waals surface area contributed by atoms with Gasteiger partial charge >= 0.3 is 27.7 Å². The summed E-state index contributed by atoms with van der Waals surface area (Å²) in [5.74, 6) is -0.659. The zero-order chi connectivity index (χ0) is 10.6. The van der Waals surface area contributed by atoms with Crippen LogP contribution in [0.5, 0.6) is 0 Å². The summed E-state index contributed by atoms with van der Waals surface area (Å²) < 4.78 is 0. The zero-order valence-corrected chi connectivity index (χ0v) is 12.3. The molecule has 0 rings (SSSR count). The third-order valence-corrected chi connectivity index (χ3v) is 2.49. The molecule has 0 unspecified atom stereocenters. The first-order valence-electron chi connectivity index (χ1n) is 5.99. The molecule has 0 bridgehead atoms. The van der Waals surface area contributed by atoms with Gasteiger partial charge in [0.1, 0.15) is 0 Å². The van der Waals surface area contributed by atoms with Gasteiger partial charge in [-0.3, -0.25) is 4.79 Å². The van der Waals surface area contributed by atoms with Gasteiger partial charge in [-0.25, -0.2) is 0 Å². The predicted molar refractivity (Wildman–Crippen MR) is 60.9 cm³/mol. The topological polar surface area (TPSA) is 94.3 Å². The fourth-order valence-electron chi connectivity index (χ4n) is 1.59. The van der Waals surface area contributed by atoms with Crippen LogP contribution in [0.15, 0.2) is 0 Å². The largest absolute Gasteiger partial charge is 4.00 e. The van der Waals surface area contributed by atoms with Gasteiger partial charge in [-0.1, -0.05) is 58.3 Å². The average molecular weight is 280 g/mol. The number of rotatable bonds is 10. The van der Waals surface area contributed by atoms with Crippen molar-refractivity contribution >= 4 is 5.97 Å². The molecule has 100 valence electrons. The van der Waals surface area contributed by atoms with Gasteiger partial charge in [0, 0.05) is 6.42 Å². The molecular weight excluding hydrogens is 256 g/mol. The molecule has 0 aliphatic heterocycles. The number of carboxylic acid groups (broad SMARTS) is 1.